The monoisotopic (exact) mass is 430 g/mol. The van der Waals surface area contributed by atoms with Gasteiger partial charge in [-0.15, -0.1) is 13.2 Å². The second kappa shape index (κ2) is 8.11. The molecule has 0 bridgehead atoms. The summed E-state index contributed by atoms with van der Waals surface area (Å²) in [6.45, 7) is 4.94. The van der Waals surface area contributed by atoms with E-state index < -0.39 is 27.0 Å². The van der Waals surface area contributed by atoms with Gasteiger partial charge in [0.05, 0.1) is 23.6 Å². The van der Waals surface area contributed by atoms with Crippen molar-refractivity contribution in [3.8, 4) is 5.75 Å². The third-order valence-corrected chi connectivity index (χ3v) is 5.68. The zero-order valence-electron chi connectivity index (χ0n) is 15.8. The van der Waals surface area contributed by atoms with Gasteiger partial charge in [-0.1, -0.05) is 24.3 Å². The van der Waals surface area contributed by atoms with Crippen molar-refractivity contribution in [3.05, 3.63) is 48.5 Å². The summed E-state index contributed by atoms with van der Waals surface area (Å²) in [5, 5.41) is 0. The van der Waals surface area contributed by atoms with Crippen LogP contribution in [0.1, 0.15) is 13.8 Å². The van der Waals surface area contributed by atoms with Crippen LogP contribution in [0.25, 0.3) is 0 Å². The first kappa shape index (κ1) is 21.3. The van der Waals surface area contributed by atoms with Gasteiger partial charge in [-0.2, -0.15) is 0 Å². The molecule has 29 heavy (non-hydrogen) atoms. The van der Waals surface area contributed by atoms with Crippen LogP contribution in [0.3, 0.4) is 0 Å². The predicted molar refractivity (Wildman–Crippen MR) is 103 cm³/mol. The van der Waals surface area contributed by atoms with Crippen LogP contribution in [-0.2, 0) is 14.8 Å². The highest BCUT2D eigenvalue weighted by Crippen LogP contribution is 2.34. The number of para-hydroxylation sites is 3. The van der Waals surface area contributed by atoms with Crippen LogP contribution in [0.15, 0.2) is 53.4 Å². The average molecular weight is 430 g/mol. The van der Waals surface area contributed by atoms with Gasteiger partial charge in [-0.25, -0.2) is 8.42 Å². The quantitative estimate of drug-likeness (QED) is 0.777. The van der Waals surface area contributed by atoms with Gasteiger partial charge in [-0.3, -0.25) is 4.72 Å². The van der Waals surface area contributed by atoms with Crippen LogP contribution in [-0.4, -0.2) is 40.1 Å². The van der Waals surface area contributed by atoms with Gasteiger partial charge in [-0.05, 0) is 38.1 Å². The van der Waals surface area contributed by atoms with Gasteiger partial charge in [0, 0.05) is 13.1 Å². The summed E-state index contributed by atoms with van der Waals surface area (Å²) < 4.78 is 75.7. The van der Waals surface area contributed by atoms with Crippen molar-refractivity contribution in [2.75, 3.05) is 22.7 Å². The molecule has 0 aliphatic carbocycles. The fourth-order valence-electron chi connectivity index (χ4n) is 3.29. The van der Waals surface area contributed by atoms with Crippen LogP contribution in [0.4, 0.5) is 24.5 Å². The molecule has 0 aromatic heterocycles. The number of alkyl halides is 3. The number of sulfonamides is 1. The number of rotatable bonds is 5. The Morgan fingerprint density at radius 1 is 1.03 bits per heavy atom. The van der Waals surface area contributed by atoms with Crippen molar-refractivity contribution in [1.29, 1.82) is 0 Å². The number of hydrogen-bond acceptors (Lipinski definition) is 5. The minimum atomic E-state index is -5.01. The van der Waals surface area contributed by atoms with Gasteiger partial charge in [0.2, 0.25) is 0 Å². The number of ether oxygens (including phenoxy) is 2. The Bertz CT molecular complexity index is 956. The Kier molecular flexibility index (Phi) is 5.95. The van der Waals surface area contributed by atoms with Crippen LogP contribution < -0.4 is 14.4 Å². The van der Waals surface area contributed by atoms with E-state index in [2.05, 4.69) is 9.46 Å². The van der Waals surface area contributed by atoms with E-state index in [0.717, 1.165) is 12.1 Å². The maximum Gasteiger partial charge on any atom is 0.573 e. The van der Waals surface area contributed by atoms with E-state index in [1.807, 2.05) is 18.7 Å². The molecule has 1 fully saturated rings. The van der Waals surface area contributed by atoms with Gasteiger partial charge in [0.25, 0.3) is 10.0 Å². The minimum absolute atomic E-state index is 0.0516. The van der Waals surface area contributed by atoms with Crippen LogP contribution >= 0.6 is 0 Å². The highest BCUT2D eigenvalue weighted by atomic mass is 32.2. The van der Waals surface area contributed by atoms with E-state index in [1.54, 1.807) is 24.3 Å². The van der Waals surface area contributed by atoms with E-state index in [4.69, 9.17) is 4.74 Å². The first-order valence-corrected chi connectivity index (χ1v) is 10.4. The molecule has 1 aliphatic rings. The van der Waals surface area contributed by atoms with Crippen LogP contribution in [0.5, 0.6) is 5.75 Å². The van der Waals surface area contributed by atoms with Gasteiger partial charge >= 0.3 is 6.36 Å². The molecule has 10 heteroatoms. The lowest BCUT2D eigenvalue weighted by atomic mass is 10.2. The predicted octanol–water partition coefficient (Wildman–Crippen LogP) is 4.00. The smallest absolute Gasteiger partial charge is 0.404 e. The Morgan fingerprint density at radius 3 is 2.28 bits per heavy atom. The zero-order chi connectivity index (χ0) is 21.2. The molecule has 2 unspecified atom stereocenters. The molecular formula is C19H21F3N2O4S. The molecule has 2 atom stereocenters. The van der Waals surface area contributed by atoms with Gasteiger partial charge in [0.1, 0.15) is 10.6 Å². The molecule has 0 saturated carbocycles. The normalized spacial score (nSPS) is 20.4. The number of benzene rings is 2. The fourth-order valence-corrected chi connectivity index (χ4v) is 4.50. The lowest BCUT2D eigenvalue weighted by Crippen LogP contribution is -2.45. The van der Waals surface area contributed by atoms with Crippen molar-refractivity contribution in [1.82, 2.24) is 0 Å². The van der Waals surface area contributed by atoms with Crippen LogP contribution in [0, 0.1) is 0 Å². The summed E-state index contributed by atoms with van der Waals surface area (Å²) in [6, 6.07) is 11.3. The molecule has 2 aromatic rings. The molecule has 6 nitrogen and oxygen atoms in total. The molecular weight excluding hydrogens is 409 g/mol. The van der Waals surface area contributed by atoms with E-state index in [-0.39, 0.29) is 17.9 Å². The summed E-state index contributed by atoms with van der Waals surface area (Å²) in [5.74, 6) is -0.793. The summed E-state index contributed by atoms with van der Waals surface area (Å²) in [6.07, 6.45) is -5.11. The van der Waals surface area contributed by atoms with Crippen molar-refractivity contribution in [3.63, 3.8) is 0 Å². The topological polar surface area (TPSA) is 67.9 Å². The Hall–Kier alpha value is -2.46. The first-order chi connectivity index (χ1) is 13.5. The highest BCUT2D eigenvalue weighted by molar-refractivity contribution is 7.92. The van der Waals surface area contributed by atoms with Crippen molar-refractivity contribution in [2.24, 2.45) is 0 Å². The molecule has 0 radical (unpaired) electrons. The number of nitrogens with one attached hydrogen (secondary N) is 1. The molecule has 2 aromatic carbocycles. The van der Waals surface area contributed by atoms with Gasteiger partial charge < -0.3 is 14.4 Å². The molecule has 1 N–H and O–H groups in total. The Balaban J connectivity index is 1.93. The molecule has 1 aliphatic heterocycles. The lowest BCUT2D eigenvalue weighted by Gasteiger charge is -2.37. The second-order valence-corrected chi connectivity index (χ2v) is 8.43. The third kappa shape index (κ3) is 5.33. The SMILES string of the molecule is CC1CN(c2ccccc2NS(=O)(=O)c2ccccc2OC(F)(F)F)CC(C)O1. The largest absolute Gasteiger partial charge is 0.573 e. The molecule has 1 heterocycles. The van der Waals surface area contributed by atoms with E-state index in [9.17, 15) is 21.6 Å². The zero-order valence-corrected chi connectivity index (χ0v) is 16.6. The standard InChI is InChI=1S/C19H21F3N2O4S/c1-13-11-24(12-14(2)27-13)16-8-4-3-7-15(16)23-29(25,26)18-10-6-5-9-17(18)28-19(20,21)22/h3-10,13-14,23H,11-12H2,1-2H3. The van der Waals surface area contributed by atoms with E-state index in [0.29, 0.717) is 18.8 Å². The van der Waals surface area contributed by atoms with Crippen molar-refractivity contribution >= 4 is 21.4 Å². The first-order valence-electron chi connectivity index (χ1n) is 8.92. The lowest BCUT2D eigenvalue weighted by molar-refractivity contribution is -0.275. The third-order valence-electron chi connectivity index (χ3n) is 4.27. The summed E-state index contributed by atoms with van der Waals surface area (Å²) >= 11 is 0. The fraction of sp³-hybridized carbons (Fsp3) is 0.368. The Labute approximate surface area is 167 Å². The van der Waals surface area contributed by atoms with E-state index in [1.165, 1.54) is 12.1 Å². The molecule has 158 valence electrons. The molecule has 0 amide bonds. The summed E-state index contributed by atoms with van der Waals surface area (Å²) in [7, 11) is -4.34. The maximum absolute atomic E-state index is 12.9. The molecule has 1 saturated heterocycles. The molecule has 3 rings (SSSR count). The minimum Gasteiger partial charge on any atom is -0.404 e. The van der Waals surface area contributed by atoms with E-state index >= 15 is 0 Å². The van der Waals surface area contributed by atoms with Gasteiger partial charge in [0.15, 0.2) is 0 Å². The highest BCUT2D eigenvalue weighted by Gasteiger charge is 2.34. The number of anilines is 2. The number of halogens is 3. The van der Waals surface area contributed by atoms with Crippen molar-refractivity contribution in [2.45, 2.75) is 37.3 Å². The second-order valence-electron chi connectivity index (χ2n) is 6.78. The summed E-state index contributed by atoms with van der Waals surface area (Å²) in [5.41, 5.74) is 0.878. The van der Waals surface area contributed by atoms with Crippen LogP contribution in [0.2, 0.25) is 0 Å². The Morgan fingerprint density at radius 2 is 1.62 bits per heavy atom. The maximum atomic E-state index is 12.9. The van der Waals surface area contributed by atoms with Crippen molar-refractivity contribution < 1.29 is 31.1 Å². The number of morpholine rings is 1. The summed E-state index contributed by atoms with van der Waals surface area (Å²) in [4.78, 5) is 1.38. The number of hydrogen-bond donors (Lipinski definition) is 1. The number of nitrogens with zero attached hydrogens (tertiary/aromatic N) is 1. The molecule has 0 spiro atoms. The average Bonchev–Trinajstić information content (AvgIpc) is 2.60.